The number of Topliss-reactive ketones (excluding diaryl/α,β-unsaturated/α-hetero) is 1. The number of anilines is 1. The first-order chi connectivity index (χ1) is 11.6. The molecule has 0 aliphatic carbocycles. The van der Waals surface area contributed by atoms with Gasteiger partial charge in [0.25, 0.3) is 5.78 Å². The van der Waals surface area contributed by atoms with E-state index in [0.717, 1.165) is 17.7 Å². The number of carbonyl (C=O) groups is 1. The summed E-state index contributed by atoms with van der Waals surface area (Å²) in [6, 6.07) is 12.6. The maximum Gasteiger partial charge on any atom is 0.457 e. The van der Waals surface area contributed by atoms with Gasteiger partial charge >= 0.3 is 6.18 Å². The van der Waals surface area contributed by atoms with Crippen LogP contribution in [0.5, 0.6) is 0 Å². The van der Waals surface area contributed by atoms with Gasteiger partial charge in [-0.1, -0.05) is 35.9 Å². The van der Waals surface area contributed by atoms with Crippen molar-refractivity contribution in [1.82, 2.24) is 0 Å². The molecule has 0 unspecified atom stereocenters. The minimum Gasteiger partial charge on any atom is -0.281 e. The van der Waals surface area contributed by atoms with Gasteiger partial charge in [-0.2, -0.15) is 18.3 Å². The number of nitrogens with zero attached hydrogens (tertiary/aromatic N) is 1. The molecule has 0 saturated carbocycles. The first-order valence-electron chi connectivity index (χ1n) is 6.94. The number of aryl methyl sites for hydroxylation is 1. The minimum absolute atomic E-state index is 0.237. The number of hydrogen-bond acceptors (Lipinski definition) is 5. The molecular weight excluding hydrogens is 357 g/mol. The summed E-state index contributed by atoms with van der Waals surface area (Å²) in [5, 5.41) is 1.63. The lowest BCUT2D eigenvalue weighted by molar-refractivity contribution is -0.162. The number of alkyl halides is 3. The fourth-order valence-corrected chi connectivity index (χ4v) is 3.07. The van der Waals surface area contributed by atoms with Gasteiger partial charge < -0.3 is 0 Å². The number of nitrogens with one attached hydrogen (secondary N) is 1. The van der Waals surface area contributed by atoms with Crippen LogP contribution in [0.25, 0.3) is 0 Å². The summed E-state index contributed by atoms with van der Waals surface area (Å²) in [5.74, 6) is -2.55. The normalized spacial score (nSPS) is 12.7. The number of sulfone groups is 1. The Balaban J connectivity index is 2.48. The number of halogens is 3. The lowest BCUT2D eigenvalue weighted by Gasteiger charge is -2.10. The molecule has 0 atom stereocenters. The van der Waals surface area contributed by atoms with E-state index < -0.39 is 31.7 Å². The molecule has 0 spiro atoms. The molecule has 2 aromatic rings. The predicted molar refractivity (Wildman–Crippen MR) is 86.9 cm³/mol. The van der Waals surface area contributed by atoms with Crippen LogP contribution >= 0.6 is 0 Å². The molecule has 2 rings (SSSR count). The lowest BCUT2D eigenvalue weighted by atomic mass is 10.2. The number of rotatable bonds is 4. The summed E-state index contributed by atoms with van der Waals surface area (Å²) in [5.41, 5.74) is 3.31. The Morgan fingerprint density at radius 2 is 1.56 bits per heavy atom. The van der Waals surface area contributed by atoms with E-state index in [0.29, 0.717) is 0 Å². The van der Waals surface area contributed by atoms with Crippen LogP contribution in [-0.2, 0) is 14.6 Å². The van der Waals surface area contributed by atoms with Crippen molar-refractivity contribution in [2.75, 3.05) is 5.43 Å². The van der Waals surface area contributed by atoms with Crippen molar-refractivity contribution in [1.29, 1.82) is 0 Å². The highest BCUT2D eigenvalue weighted by atomic mass is 32.2. The summed E-state index contributed by atoms with van der Waals surface area (Å²) in [7, 11) is -4.74. The van der Waals surface area contributed by atoms with Crippen molar-refractivity contribution in [3.05, 3.63) is 60.2 Å². The lowest BCUT2D eigenvalue weighted by Crippen LogP contribution is -2.36. The van der Waals surface area contributed by atoms with Crippen LogP contribution in [0.1, 0.15) is 5.56 Å². The van der Waals surface area contributed by atoms with E-state index in [4.69, 9.17) is 0 Å². The SMILES string of the molecule is Cc1ccc(N/N=C(\C(=O)C(F)(F)F)S(=O)(=O)c2ccccc2)cc1. The molecule has 0 heterocycles. The molecule has 9 heteroatoms. The monoisotopic (exact) mass is 370 g/mol. The van der Waals surface area contributed by atoms with Gasteiger partial charge in [-0.05, 0) is 31.2 Å². The molecular formula is C16H13F3N2O3S. The molecule has 0 aliphatic rings. The summed E-state index contributed by atoms with van der Waals surface area (Å²) < 4.78 is 63.2. The van der Waals surface area contributed by atoms with Gasteiger partial charge in [-0.3, -0.25) is 10.2 Å². The fraction of sp³-hybridized carbons (Fsp3) is 0.125. The summed E-state index contributed by atoms with van der Waals surface area (Å²) >= 11 is 0. The van der Waals surface area contributed by atoms with Crippen LogP contribution in [0.15, 0.2) is 64.6 Å². The number of hydrogen-bond donors (Lipinski definition) is 1. The second-order valence-corrected chi connectivity index (χ2v) is 6.90. The summed E-state index contributed by atoms with van der Waals surface area (Å²) in [6.07, 6.45) is -5.38. The summed E-state index contributed by atoms with van der Waals surface area (Å²) in [4.78, 5) is 11.1. The Morgan fingerprint density at radius 3 is 2.08 bits per heavy atom. The maximum atomic E-state index is 12.8. The average Bonchev–Trinajstić information content (AvgIpc) is 2.56. The van der Waals surface area contributed by atoms with E-state index in [-0.39, 0.29) is 5.69 Å². The first-order valence-corrected chi connectivity index (χ1v) is 8.43. The Labute approximate surface area is 142 Å². The molecule has 132 valence electrons. The van der Waals surface area contributed by atoms with E-state index in [9.17, 15) is 26.4 Å². The summed E-state index contributed by atoms with van der Waals surface area (Å²) in [6.45, 7) is 1.80. The third kappa shape index (κ3) is 4.44. The molecule has 1 N–H and O–H groups in total. The van der Waals surface area contributed by atoms with Crippen molar-refractivity contribution < 1.29 is 26.4 Å². The average molecular weight is 370 g/mol. The van der Waals surface area contributed by atoms with Gasteiger partial charge in [0.2, 0.25) is 14.9 Å². The highest BCUT2D eigenvalue weighted by Gasteiger charge is 2.47. The highest BCUT2D eigenvalue weighted by molar-refractivity contribution is 8.08. The van der Waals surface area contributed by atoms with Crippen LogP contribution in [0.4, 0.5) is 18.9 Å². The Morgan fingerprint density at radius 1 is 1.00 bits per heavy atom. The van der Waals surface area contributed by atoms with Gasteiger partial charge in [-0.15, -0.1) is 0 Å². The number of carbonyl (C=O) groups excluding carboxylic acids is 1. The molecule has 0 saturated heterocycles. The van der Waals surface area contributed by atoms with E-state index in [1.54, 1.807) is 19.1 Å². The molecule has 2 aromatic carbocycles. The zero-order chi connectivity index (χ0) is 18.7. The maximum absolute atomic E-state index is 12.8. The zero-order valence-corrected chi connectivity index (χ0v) is 13.7. The number of hydrazone groups is 1. The molecule has 0 bridgehead atoms. The van der Waals surface area contributed by atoms with E-state index in [2.05, 4.69) is 10.5 Å². The van der Waals surface area contributed by atoms with E-state index in [1.165, 1.54) is 30.3 Å². The predicted octanol–water partition coefficient (Wildman–Crippen LogP) is 3.33. The van der Waals surface area contributed by atoms with Crippen LogP contribution in [-0.4, -0.2) is 25.4 Å². The van der Waals surface area contributed by atoms with E-state index in [1.807, 2.05) is 0 Å². The van der Waals surface area contributed by atoms with Crippen LogP contribution in [0.2, 0.25) is 0 Å². The topological polar surface area (TPSA) is 75.6 Å². The molecule has 0 aromatic heterocycles. The van der Waals surface area contributed by atoms with Crippen molar-refractivity contribution in [2.24, 2.45) is 5.10 Å². The molecule has 5 nitrogen and oxygen atoms in total. The Kier molecular flexibility index (Phi) is 5.27. The quantitative estimate of drug-likeness (QED) is 0.509. The fourth-order valence-electron chi connectivity index (χ4n) is 1.81. The highest BCUT2D eigenvalue weighted by Crippen LogP contribution is 2.22. The van der Waals surface area contributed by atoms with Gasteiger partial charge in [0.05, 0.1) is 10.6 Å². The van der Waals surface area contributed by atoms with Gasteiger partial charge in [0.1, 0.15) is 0 Å². The van der Waals surface area contributed by atoms with Gasteiger partial charge in [0.15, 0.2) is 0 Å². The number of ketones is 1. The molecule has 0 radical (unpaired) electrons. The van der Waals surface area contributed by atoms with Gasteiger partial charge in [0, 0.05) is 0 Å². The van der Waals surface area contributed by atoms with E-state index >= 15 is 0 Å². The molecule has 0 aliphatic heterocycles. The van der Waals surface area contributed by atoms with Crippen LogP contribution in [0, 0.1) is 6.92 Å². The molecule has 0 fully saturated rings. The van der Waals surface area contributed by atoms with Crippen molar-refractivity contribution >= 4 is 26.4 Å². The van der Waals surface area contributed by atoms with Crippen LogP contribution < -0.4 is 5.43 Å². The Hall–Kier alpha value is -2.68. The first kappa shape index (κ1) is 18.7. The smallest absolute Gasteiger partial charge is 0.281 e. The van der Waals surface area contributed by atoms with Crippen molar-refractivity contribution in [3.63, 3.8) is 0 Å². The standard InChI is InChI=1S/C16H13F3N2O3S/c1-11-7-9-12(10-8-11)20-21-15(14(22)16(17,18)19)25(23,24)13-5-3-2-4-6-13/h2-10,20H,1H3/b21-15+. The Bertz CT molecular complexity index is 890. The zero-order valence-electron chi connectivity index (χ0n) is 12.9. The molecule has 25 heavy (non-hydrogen) atoms. The second-order valence-electron chi connectivity index (χ2n) is 5.04. The van der Waals surface area contributed by atoms with Gasteiger partial charge in [-0.25, -0.2) is 8.42 Å². The van der Waals surface area contributed by atoms with Crippen molar-refractivity contribution in [2.45, 2.75) is 18.0 Å². The minimum atomic E-state index is -5.38. The third-order valence-electron chi connectivity index (χ3n) is 3.10. The largest absolute Gasteiger partial charge is 0.457 e. The second kappa shape index (κ2) is 7.06. The number of benzene rings is 2. The molecule has 0 amide bonds. The third-order valence-corrected chi connectivity index (χ3v) is 4.78. The van der Waals surface area contributed by atoms with Crippen LogP contribution in [0.3, 0.4) is 0 Å². The van der Waals surface area contributed by atoms with Crippen molar-refractivity contribution in [3.8, 4) is 0 Å².